The summed E-state index contributed by atoms with van der Waals surface area (Å²) in [6, 6.07) is 1.14. The topological polar surface area (TPSA) is 12.0 Å². The van der Waals surface area contributed by atoms with Crippen molar-refractivity contribution in [3.63, 3.8) is 0 Å². The molecule has 1 N–H and O–H groups in total. The molecule has 0 aromatic rings. The zero-order valence-electron chi connectivity index (χ0n) is 11.0. The highest BCUT2D eigenvalue weighted by Crippen LogP contribution is 2.28. The van der Waals surface area contributed by atoms with Crippen molar-refractivity contribution < 1.29 is 0 Å². The zero-order chi connectivity index (χ0) is 11.8. The summed E-state index contributed by atoms with van der Waals surface area (Å²) in [6.45, 7) is 4.51. The zero-order valence-corrected chi connectivity index (χ0v) is 11.0. The Morgan fingerprint density at radius 1 is 1.38 bits per heavy atom. The smallest absolute Gasteiger partial charge is 0.0240 e. The lowest BCUT2D eigenvalue weighted by atomic mass is 9.98. The summed E-state index contributed by atoms with van der Waals surface area (Å²) in [5, 5.41) is 3.65. The van der Waals surface area contributed by atoms with Gasteiger partial charge < -0.3 is 5.32 Å². The molecule has 1 aliphatic rings. The third kappa shape index (κ3) is 5.03. The van der Waals surface area contributed by atoms with Crippen LogP contribution in [0.2, 0.25) is 0 Å². The van der Waals surface area contributed by atoms with Gasteiger partial charge in [0.1, 0.15) is 0 Å². The molecule has 2 unspecified atom stereocenters. The molecule has 0 heterocycles. The lowest BCUT2D eigenvalue weighted by Crippen LogP contribution is -2.36. The quantitative estimate of drug-likeness (QED) is 0.646. The molecule has 2 atom stereocenters. The molecule has 1 saturated carbocycles. The molecule has 0 aromatic carbocycles. The van der Waals surface area contributed by atoms with E-state index in [1.807, 2.05) is 0 Å². The van der Waals surface area contributed by atoms with E-state index in [9.17, 15) is 0 Å². The molecule has 1 fully saturated rings. The average Bonchev–Trinajstić information content (AvgIpc) is 2.78. The van der Waals surface area contributed by atoms with Gasteiger partial charge >= 0.3 is 0 Å². The summed E-state index contributed by atoms with van der Waals surface area (Å²) in [7, 11) is 0. The molecule has 92 valence electrons. The van der Waals surface area contributed by atoms with E-state index < -0.39 is 0 Å². The number of hydrogen-bond donors (Lipinski definition) is 1. The Hall–Kier alpha value is -0.480. The van der Waals surface area contributed by atoms with E-state index in [1.54, 1.807) is 0 Å². The molecule has 0 saturated heterocycles. The van der Waals surface area contributed by atoms with Crippen molar-refractivity contribution in [3.05, 3.63) is 0 Å². The molecule has 0 aromatic heterocycles. The first-order chi connectivity index (χ1) is 7.76. The van der Waals surface area contributed by atoms with Gasteiger partial charge in [-0.05, 0) is 32.1 Å². The standard InChI is InChI=1S/C15H27N/c1-4-8-15(5-2)16-13(3)11-12-14-9-6-7-10-14/h1,13-16H,5-12H2,2-3H3. The van der Waals surface area contributed by atoms with E-state index in [4.69, 9.17) is 6.42 Å². The van der Waals surface area contributed by atoms with Crippen LogP contribution in [0, 0.1) is 18.3 Å². The predicted octanol–water partition coefficient (Wildman–Crippen LogP) is 3.74. The van der Waals surface area contributed by atoms with Gasteiger partial charge in [0.05, 0.1) is 0 Å². The van der Waals surface area contributed by atoms with Gasteiger partial charge in [0, 0.05) is 18.5 Å². The Labute approximate surface area is 101 Å². The normalized spacial score (nSPS) is 20.6. The van der Waals surface area contributed by atoms with E-state index in [2.05, 4.69) is 25.1 Å². The number of hydrogen-bond acceptors (Lipinski definition) is 1. The fourth-order valence-electron chi connectivity index (χ4n) is 2.73. The lowest BCUT2D eigenvalue weighted by Gasteiger charge is -2.21. The van der Waals surface area contributed by atoms with Gasteiger partial charge in [-0.15, -0.1) is 12.3 Å². The van der Waals surface area contributed by atoms with Crippen LogP contribution in [0.5, 0.6) is 0 Å². The molecule has 1 aliphatic carbocycles. The van der Waals surface area contributed by atoms with Crippen LogP contribution in [0.25, 0.3) is 0 Å². The van der Waals surface area contributed by atoms with E-state index in [-0.39, 0.29) is 0 Å². The van der Waals surface area contributed by atoms with Crippen LogP contribution in [0.3, 0.4) is 0 Å². The third-order valence-electron chi connectivity index (χ3n) is 3.86. The van der Waals surface area contributed by atoms with Crippen LogP contribution in [-0.4, -0.2) is 12.1 Å². The molecule has 1 heteroatoms. The maximum atomic E-state index is 5.36. The number of rotatable bonds is 7. The second kappa shape index (κ2) is 7.74. The number of terminal acetylenes is 1. The summed E-state index contributed by atoms with van der Waals surface area (Å²) >= 11 is 0. The molecular formula is C15H27N. The molecule has 0 spiro atoms. The summed E-state index contributed by atoms with van der Waals surface area (Å²) in [5.74, 6) is 3.77. The van der Waals surface area contributed by atoms with Crippen molar-refractivity contribution in [1.29, 1.82) is 0 Å². The molecule has 0 bridgehead atoms. The molecular weight excluding hydrogens is 194 g/mol. The largest absolute Gasteiger partial charge is 0.311 e. The van der Waals surface area contributed by atoms with Crippen LogP contribution < -0.4 is 5.32 Å². The summed E-state index contributed by atoms with van der Waals surface area (Å²) < 4.78 is 0. The van der Waals surface area contributed by atoms with E-state index in [0.29, 0.717) is 12.1 Å². The van der Waals surface area contributed by atoms with E-state index in [0.717, 1.165) is 18.8 Å². The first kappa shape index (κ1) is 13.6. The van der Waals surface area contributed by atoms with Gasteiger partial charge in [0.2, 0.25) is 0 Å². The van der Waals surface area contributed by atoms with Crippen molar-refractivity contribution in [2.45, 2.75) is 77.3 Å². The van der Waals surface area contributed by atoms with Crippen LogP contribution in [-0.2, 0) is 0 Å². The highest BCUT2D eigenvalue weighted by Gasteiger charge is 2.16. The van der Waals surface area contributed by atoms with Crippen molar-refractivity contribution in [1.82, 2.24) is 5.32 Å². The van der Waals surface area contributed by atoms with Crippen LogP contribution in [0.1, 0.15) is 65.2 Å². The van der Waals surface area contributed by atoms with E-state index in [1.165, 1.54) is 38.5 Å². The lowest BCUT2D eigenvalue weighted by molar-refractivity contribution is 0.380. The Kier molecular flexibility index (Phi) is 6.57. The second-order valence-corrected chi connectivity index (χ2v) is 5.31. The Bertz CT molecular complexity index is 210. The average molecular weight is 221 g/mol. The molecule has 16 heavy (non-hydrogen) atoms. The number of nitrogens with one attached hydrogen (secondary N) is 1. The fourth-order valence-corrected chi connectivity index (χ4v) is 2.73. The summed E-state index contributed by atoms with van der Waals surface area (Å²) in [5.41, 5.74) is 0. The van der Waals surface area contributed by atoms with Crippen molar-refractivity contribution in [2.75, 3.05) is 0 Å². The van der Waals surface area contributed by atoms with Crippen LogP contribution in [0.4, 0.5) is 0 Å². The minimum atomic E-state index is 0.517. The minimum absolute atomic E-state index is 0.517. The van der Waals surface area contributed by atoms with Gasteiger partial charge in [-0.25, -0.2) is 0 Å². The Balaban J connectivity index is 2.13. The van der Waals surface area contributed by atoms with Crippen LogP contribution >= 0.6 is 0 Å². The maximum absolute atomic E-state index is 5.36. The first-order valence-corrected chi connectivity index (χ1v) is 6.95. The monoisotopic (exact) mass is 221 g/mol. The van der Waals surface area contributed by atoms with Gasteiger partial charge in [0.15, 0.2) is 0 Å². The molecule has 0 amide bonds. The van der Waals surface area contributed by atoms with Crippen molar-refractivity contribution in [3.8, 4) is 12.3 Å². The van der Waals surface area contributed by atoms with E-state index >= 15 is 0 Å². The molecule has 0 aliphatic heterocycles. The van der Waals surface area contributed by atoms with Crippen LogP contribution in [0.15, 0.2) is 0 Å². The summed E-state index contributed by atoms with van der Waals surface area (Å²) in [4.78, 5) is 0. The summed E-state index contributed by atoms with van der Waals surface area (Å²) in [6.07, 6.45) is 15.9. The van der Waals surface area contributed by atoms with Gasteiger partial charge in [-0.2, -0.15) is 0 Å². The molecule has 0 radical (unpaired) electrons. The highest BCUT2D eigenvalue weighted by atomic mass is 14.9. The molecule has 1 nitrogen and oxygen atoms in total. The highest BCUT2D eigenvalue weighted by molar-refractivity contribution is 4.90. The second-order valence-electron chi connectivity index (χ2n) is 5.31. The van der Waals surface area contributed by atoms with Gasteiger partial charge in [-0.1, -0.05) is 32.6 Å². The maximum Gasteiger partial charge on any atom is 0.0240 e. The Morgan fingerprint density at radius 3 is 2.62 bits per heavy atom. The fraction of sp³-hybridized carbons (Fsp3) is 0.867. The van der Waals surface area contributed by atoms with Crippen molar-refractivity contribution in [2.24, 2.45) is 5.92 Å². The Morgan fingerprint density at radius 2 is 2.06 bits per heavy atom. The minimum Gasteiger partial charge on any atom is -0.311 e. The molecule has 1 rings (SSSR count). The van der Waals surface area contributed by atoms with Gasteiger partial charge in [-0.3, -0.25) is 0 Å². The first-order valence-electron chi connectivity index (χ1n) is 6.95. The predicted molar refractivity (Wildman–Crippen MR) is 71.3 cm³/mol. The third-order valence-corrected chi connectivity index (χ3v) is 3.86. The van der Waals surface area contributed by atoms with Gasteiger partial charge in [0.25, 0.3) is 0 Å². The van der Waals surface area contributed by atoms with Crippen molar-refractivity contribution >= 4 is 0 Å². The SMILES string of the molecule is C#CCC(CC)NC(C)CCC1CCCC1.